The van der Waals surface area contributed by atoms with Crippen LogP contribution in [0.3, 0.4) is 0 Å². The molecule has 1 aliphatic heterocycles. The first-order chi connectivity index (χ1) is 12.2. The Bertz CT molecular complexity index is 824. The maximum absolute atomic E-state index is 5.75. The Morgan fingerprint density at radius 2 is 2.08 bits per heavy atom. The lowest BCUT2D eigenvalue weighted by atomic mass is 10.1. The third-order valence-electron chi connectivity index (χ3n) is 4.67. The minimum Gasteiger partial charge on any atom is -0.378 e. The first-order valence-corrected chi connectivity index (χ1v) is 9.34. The largest absolute Gasteiger partial charge is 0.378 e. The fourth-order valence-corrected chi connectivity index (χ4v) is 4.06. The standard InChI is InChI=1S/C19H21N3O2S/c1-13-16(14(2)24-21-13)10-22-8-9-23-11-18(22)17-12-25-19(20-17)15-6-4-3-5-7-15/h3-7,12,18H,8-11H2,1-2H3/t18-/m0/s1. The highest BCUT2D eigenvalue weighted by molar-refractivity contribution is 7.13. The van der Waals surface area contributed by atoms with Crippen molar-refractivity contribution in [3.63, 3.8) is 0 Å². The van der Waals surface area contributed by atoms with E-state index in [1.807, 2.05) is 32.0 Å². The van der Waals surface area contributed by atoms with Crippen molar-refractivity contribution in [2.24, 2.45) is 0 Å². The van der Waals surface area contributed by atoms with Crippen molar-refractivity contribution in [1.29, 1.82) is 0 Å². The second-order valence-corrected chi connectivity index (χ2v) is 7.17. The van der Waals surface area contributed by atoms with Gasteiger partial charge in [-0.25, -0.2) is 4.98 Å². The number of benzene rings is 1. The zero-order valence-corrected chi connectivity index (χ0v) is 15.3. The summed E-state index contributed by atoms with van der Waals surface area (Å²) in [7, 11) is 0. The summed E-state index contributed by atoms with van der Waals surface area (Å²) < 4.78 is 11.1. The van der Waals surface area contributed by atoms with E-state index in [9.17, 15) is 0 Å². The third kappa shape index (κ3) is 3.38. The summed E-state index contributed by atoms with van der Waals surface area (Å²) in [6.07, 6.45) is 0. The average molecular weight is 355 g/mol. The van der Waals surface area contributed by atoms with Gasteiger partial charge in [0, 0.05) is 29.6 Å². The van der Waals surface area contributed by atoms with Gasteiger partial charge in [0.15, 0.2) is 0 Å². The van der Waals surface area contributed by atoms with E-state index in [0.29, 0.717) is 6.61 Å². The van der Waals surface area contributed by atoms with E-state index in [0.717, 1.165) is 47.4 Å². The number of ether oxygens (including phenoxy) is 1. The third-order valence-corrected chi connectivity index (χ3v) is 5.58. The molecule has 4 rings (SSSR count). The maximum Gasteiger partial charge on any atom is 0.138 e. The topological polar surface area (TPSA) is 51.4 Å². The Hall–Kier alpha value is -2.02. The van der Waals surface area contributed by atoms with Gasteiger partial charge in [0.05, 0.1) is 30.6 Å². The molecule has 2 aromatic heterocycles. The second-order valence-electron chi connectivity index (χ2n) is 6.31. The Morgan fingerprint density at radius 3 is 2.84 bits per heavy atom. The Kier molecular flexibility index (Phi) is 4.65. The molecule has 0 aliphatic carbocycles. The van der Waals surface area contributed by atoms with E-state index in [1.165, 1.54) is 5.56 Å². The molecule has 1 aromatic carbocycles. The van der Waals surface area contributed by atoms with Gasteiger partial charge in [-0.15, -0.1) is 11.3 Å². The first-order valence-electron chi connectivity index (χ1n) is 8.47. The molecule has 3 aromatic rings. The monoisotopic (exact) mass is 355 g/mol. The van der Waals surface area contributed by atoms with Crippen molar-refractivity contribution in [3.8, 4) is 10.6 Å². The van der Waals surface area contributed by atoms with Crippen molar-refractivity contribution < 1.29 is 9.26 Å². The van der Waals surface area contributed by atoms with Crippen LogP contribution in [0.2, 0.25) is 0 Å². The quantitative estimate of drug-likeness (QED) is 0.708. The predicted octanol–water partition coefficient (Wildman–Crippen LogP) is 3.99. The zero-order valence-electron chi connectivity index (χ0n) is 14.4. The highest BCUT2D eigenvalue weighted by Gasteiger charge is 2.28. The minimum absolute atomic E-state index is 0.163. The van der Waals surface area contributed by atoms with Crippen LogP contribution in [0.5, 0.6) is 0 Å². The summed E-state index contributed by atoms with van der Waals surface area (Å²) in [6, 6.07) is 10.5. The van der Waals surface area contributed by atoms with Crippen molar-refractivity contribution in [1.82, 2.24) is 15.0 Å². The second kappa shape index (κ2) is 7.07. The molecule has 1 atom stereocenters. The first kappa shape index (κ1) is 16.4. The molecule has 0 radical (unpaired) electrons. The summed E-state index contributed by atoms with van der Waals surface area (Å²) in [5, 5.41) is 7.29. The lowest BCUT2D eigenvalue weighted by Crippen LogP contribution is -2.39. The van der Waals surface area contributed by atoms with Gasteiger partial charge in [-0.05, 0) is 13.8 Å². The molecule has 1 fully saturated rings. The highest BCUT2D eigenvalue weighted by atomic mass is 32.1. The molecular weight excluding hydrogens is 334 g/mol. The number of thiazole rings is 1. The van der Waals surface area contributed by atoms with Gasteiger partial charge in [0.25, 0.3) is 0 Å². The van der Waals surface area contributed by atoms with Crippen LogP contribution in [-0.4, -0.2) is 34.8 Å². The molecule has 0 unspecified atom stereocenters. The SMILES string of the molecule is Cc1noc(C)c1CN1CCOC[C@H]1c1csc(-c2ccccc2)n1. The van der Waals surface area contributed by atoms with Crippen molar-refractivity contribution in [2.45, 2.75) is 26.4 Å². The summed E-state index contributed by atoms with van der Waals surface area (Å²) in [5.74, 6) is 0.894. The molecule has 1 saturated heterocycles. The van der Waals surface area contributed by atoms with E-state index in [2.05, 4.69) is 27.6 Å². The fourth-order valence-electron chi connectivity index (χ4n) is 3.18. The predicted molar refractivity (Wildman–Crippen MR) is 97.5 cm³/mol. The van der Waals surface area contributed by atoms with Gasteiger partial charge in [0.1, 0.15) is 10.8 Å². The van der Waals surface area contributed by atoms with E-state index >= 15 is 0 Å². The lowest BCUT2D eigenvalue weighted by Gasteiger charge is -2.34. The van der Waals surface area contributed by atoms with Crippen LogP contribution >= 0.6 is 11.3 Å². The van der Waals surface area contributed by atoms with Gasteiger partial charge >= 0.3 is 0 Å². The van der Waals surface area contributed by atoms with Gasteiger partial charge < -0.3 is 9.26 Å². The van der Waals surface area contributed by atoms with Crippen molar-refractivity contribution in [3.05, 3.63) is 58.4 Å². The summed E-state index contributed by atoms with van der Waals surface area (Å²) in [5.41, 5.74) is 4.37. The molecule has 3 heterocycles. The van der Waals surface area contributed by atoms with E-state index in [-0.39, 0.29) is 6.04 Å². The smallest absolute Gasteiger partial charge is 0.138 e. The summed E-state index contributed by atoms with van der Waals surface area (Å²) in [4.78, 5) is 7.30. The highest BCUT2D eigenvalue weighted by Crippen LogP contribution is 2.31. The lowest BCUT2D eigenvalue weighted by molar-refractivity contribution is -0.0142. The van der Waals surface area contributed by atoms with Crippen LogP contribution in [0, 0.1) is 13.8 Å². The van der Waals surface area contributed by atoms with Crippen LogP contribution in [0.25, 0.3) is 10.6 Å². The molecule has 1 aliphatic rings. The molecule has 25 heavy (non-hydrogen) atoms. The van der Waals surface area contributed by atoms with Crippen LogP contribution in [-0.2, 0) is 11.3 Å². The Balaban J connectivity index is 1.58. The van der Waals surface area contributed by atoms with E-state index in [1.54, 1.807) is 11.3 Å². The van der Waals surface area contributed by atoms with Crippen LogP contribution in [0.15, 0.2) is 40.2 Å². The van der Waals surface area contributed by atoms with Crippen LogP contribution in [0.4, 0.5) is 0 Å². The molecule has 0 spiro atoms. The Labute approximate surface area is 151 Å². The van der Waals surface area contributed by atoms with Gasteiger partial charge in [-0.1, -0.05) is 35.5 Å². The Morgan fingerprint density at radius 1 is 1.24 bits per heavy atom. The minimum atomic E-state index is 0.163. The number of hydrogen-bond acceptors (Lipinski definition) is 6. The summed E-state index contributed by atoms with van der Waals surface area (Å²) in [6.45, 7) is 7.08. The number of nitrogens with zero attached hydrogens (tertiary/aromatic N) is 3. The van der Waals surface area contributed by atoms with Crippen LogP contribution in [0.1, 0.15) is 28.8 Å². The van der Waals surface area contributed by atoms with E-state index < -0.39 is 0 Å². The van der Waals surface area contributed by atoms with Gasteiger partial charge in [-0.2, -0.15) is 0 Å². The molecule has 0 amide bonds. The molecule has 0 saturated carbocycles. The van der Waals surface area contributed by atoms with Crippen LogP contribution < -0.4 is 0 Å². The molecule has 6 heteroatoms. The molecule has 5 nitrogen and oxygen atoms in total. The van der Waals surface area contributed by atoms with E-state index in [4.69, 9.17) is 14.2 Å². The summed E-state index contributed by atoms with van der Waals surface area (Å²) >= 11 is 1.69. The fraction of sp³-hybridized carbons (Fsp3) is 0.368. The zero-order chi connectivity index (χ0) is 17.2. The number of aromatic nitrogens is 2. The maximum atomic E-state index is 5.75. The number of hydrogen-bond donors (Lipinski definition) is 0. The van der Waals surface area contributed by atoms with Gasteiger partial charge in [0.2, 0.25) is 0 Å². The number of morpholine rings is 1. The van der Waals surface area contributed by atoms with Gasteiger partial charge in [-0.3, -0.25) is 4.90 Å². The normalized spacial score (nSPS) is 18.6. The number of rotatable bonds is 4. The molecule has 0 bridgehead atoms. The average Bonchev–Trinajstić information content (AvgIpc) is 3.26. The van der Waals surface area contributed by atoms with Crippen molar-refractivity contribution >= 4 is 11.3 Å². The molecular formula is C19H21N3O2S. The molecule has 0 N–H and O–H groups in total. The molecule has 130 valence electrons. The number of aryl methyl sites for hydroxylation is 2. The van der Waals surface area contributed by atoms with Crippen molar-refractivity contribution in [2.75, 3.05) is 19.8 Å².